The van der Waals surface area contributed by atoms with Crippen LogP contribution >= 0.6 is 0 Å². The van der Waals surface area contributed by atoms with E-state index in [2.05, 4.69) is 45.7 Å². The zero-order chi connectivity index (χ0) is 22.8. The summed E-state index contributed by atoms with van der Waals surface area (Å²) in [6.45, 7) is 3.97. The number of benzene rings is 1. The van der Waals surface area contributed by atoms with Crippen LogP contribution in [0.1, 0.15) is 36.7 Å². The van der Waals surface area contributed by atoms with E-state index in [4.69, 9.17) is 0 Å². The third kappa shape index (κ3) is 4.56. The van der Waals surface area contributed by atoms with Gasteiger partial charge in [0.1, 0.15) is 5.82 Å². The molecule has 172 valence electrons. The van der Waals surface area contributed by atoms with Gasteiger partial charge in [-0.1, -0.05) is 36.8 Å². The predicted octanol–water partition coefficient (Wildman–Crippen LogP) is 3.03. The standard InChI is InChI=1S/C24H31FN4O2S/c1-4-20-27-13-18(25)23(28-20)29-22-17-11-16(21(22)24(30)26-3)12-19(17)32(31)9-8-15-7-5-6-14(2)10-15/h5-7,10,13,16-17,19,21-22H,4,8-9,11-12H2,1-3H3,(H,26,30)(H,27,28,29). The summed E-state index contributed by atoms with van der Waals surface area (Å²) in [6.07, 6.45) is 4.13. The van der Waals surface area contributed by atoms with Crippen LogP contribution < -0.4 is 10.6 Å². The Morgan fingerprint density at radius 1 is 1.31 bits per heavy atom. The first kappa shape index (κ1) is 22.8. The number of halogens is 1. The molecule has 4 rings (SSSR count). The molecule has 32 heavy (non-hydrogen) atoms. The second kappa shape index (κ2) is 9.65. The minimum atomic E-state index is -1.02. The van der Waals surface area contributed by atoms with E-state index in [1.807, 2.05) is 13.0 Å². The van der Waals surface area contributed by atoms with E-state index in [0.717, 1.165) is 19.3 Å². The summed E-state index contributed by atoms with van der Waals surface area (Å²) < 4.78 is 27.7. The van der Waals surface area contributed by atoms with Crippen molar-refractivity contribution in [3.05, 3.63) is 53.2 Å². The molecule has 0 saturated heterocycles. The lowest BCUT2D eigenvalue weighted by Crippen LogP contribution is -2.48. The van der Waals surface area contributed by atoms with Crippen LogP contribution in [0.3, 0.4) is 0 Å². The molecule has 0 spiro atoms. The number of anilines is 1. The molecule has 1 heterocycles. The third-order valence-corrected chi connectivity index (χ3v) is 8.74. The summed E-state index contributed by atoms with van der Waals surface area (Å²) in [5, 5.41) is 5.98. The van der Waals surface area contributed by atoms with Gasteiger partial charge in [-0.05, 0) is 43.6 Å². The highest BCUT2D eigenvalue weighted by atomic mass is 32.2. The lowest BCUT2D eigenvalue weighted by atomic mass is 9.83. The number of carbonyl (C=O) groups excluding carboxylic acids is 1. The molecule has 1 aromatic carbocycles. The number of nitrogens with one attached hydrogen (secondary N) is 2. The molecule has 0 aliphatic heterocycles. The van der Waals surface area contributed by atoms with Gasteiger partial charge in [0.15, 0.2) is 11.6 Å². The first-order chi connectivity index (χ1) is 15.4. The number of carbonyl (C=O) groups is 1. The molecule has 6 atom stereocenters. The Morgan fingerprint density at radius 2 is 2.12 bits per heavy atom. The second-order valence-electron chi connectivity index (χ2n) is 8.90. The van der Waals surface area contributed by atoms with Gasteiger partial charge in [0.25, 0.3) is 0 Å². The summed E-state index contributed by atoms with van der Waals surface area (Å²) in [7, 11) is 0.608. The van der Waals surface area contributed by atoms with Gasteiger partial charge in [-0.2, -0.15) is 0 Å². The molecule has 1 aromatic heterocycles. The van der Waals surface area contributed by atoms with Crippen LogP contribution in [-0.4, -0.2) is 44.2 Å². The van der Waals surface area contributed by atoms with Crippen LogP contribution in [0.2, 0.25) is 0 Å². The number of amides is 1. The lowest BCUT2D eigenvalue weighted by Gasteiger charge is -2.35. The van der Waals surface area contributed by atoms with Crippen molar-refractivity contribution in [1.29, 1.82) is 0 Å². The van der Waals surface area contributed by atoms with E-state index in [1.165, 1.54) is 17.3 Å². The smallest absolute Gasteiger partial charge is 0.225 e. The molecule has 6 unspecified atom stereocenters. The van der Waals surface area contributed by atoms with E-state index in [-0.39, 0.29) is 40.8 Å². The van der Waals surface area contributed by atoms with E-state index in [0.29, 0.717) is 18.0 Å². The van der Waals surface area contributed by atoms with Crippen molar-refractivity contribution in [3.8, 4) is 0 Å². The first-order valence-electron chi connectivity index (χ1n) is 11.3. The maximum atomic E-state index is 14.5. The fraction of sp³-hybridized carbons (Fsp3) is 0.542. The minimum absolute atomic E-state index is 0.00115. The van der Waals surface area contributed by atoms with Gasteiger partial charge in [0.2, 0.25) is 5.91 Å². The summed E-state index contributed by atoms with van der Waals surface area (Å²) in [6, 6.07) is 7.99. The Morgan fingerprint density at radius 3 is 2.84 bits per heavy atom. The quantitative estimate of drug-likeness (QED) is 0.635. The molecule has 1 amide bonds. The molecule has 8 heteroatoms. The summed E-state index contributed by atoms with van der Waals surface area (Å²) in [5.41, 5.74) is 2.39. The molecule has 2 aromatic rings. The van der Waals surface area contributed by atoms with Crippen molar-refractivity contribution < 1.29 is 13.4 Å². The van der Waals surface area contributed by atoms with Crippen LogP contribution in [0.15, 0.2) is 30.5 Å². The SMILES string of the molecule is CCc1ncc(F)c(NC2C3CC(CC3S(=O)CCc3cccc(C)c3)C2C(=O)NC)n1. The zero-order valence-corrected chi connectivity index (χ0v) is 19.6. The monoisotopic (exact) mass is 458 g/mol. The van der Waals surface area contributed by atoms with Gasteiger partial charge < -0.3 is 10.6 Å². The molecule has 2 aliphatic rings. The predicted molar refractivity (Wildman–Crippen MR) is 124 cm³/mol. The van der Waals surface area contributed by atoms with Crippen LogP contribution in [0.25, 0.3) is 0 Å². The Bertz CT molecular complexity index is 1020. The molecule has 2 bridgehead atoms. The fourth-order valence-corrected chi connectivity index (χ4v) is 7.29. The second-order valence-corrected chi connectivity index (χ2v) is 10.7. The Labute approximate surface area is 191 Å². The maximum Gasteiger partial charge on any atom is 0.225 e. The van der Waals surface area contributed by atoms with Crippen LogP contribution in [0, 0.1) is 30.5 Å². The Balaban J connectivity index is 1.52. The average Bonchev–Trinajstić information content (AvgIpc) is 3.37. The van der Waals surface area contributed by atoms with Gasteiger partial charge in [-0.15, -0.1) is 0 Å². The molecule has 2 N–H and O–H groups in total. The van der Waals surface area contributed by atoms with E-state index in [9.17, 15) is 13.4 Å². The largest absolute Gasteiger partial charge is 0.364 e. The summed E-state index contributed by atoms with van der Waals surface area (Å²) in [5.74, 6) is 0.591. The van der Waals surface area contributed by atoms with Gasteiger partial charge in [0.05, 0.1) is 12.1 Å². The zero-order valence-electron chi connectivity index (χ0n) is 18.8. The number of fused-ring (bicyclic) bond motifs is 2. The Hall–Kier alpha value is -2.35. The topological polar surface area (TPSA) is 84.0 Å². The van der Waals surface area contributed by atoms with Crippen molar-refractivity contribution in [3.63, 3.8) is 0 Å². The Kier molecular flexibility index (Phi) is 6.88. The number of rotatable bonds is 8. The number of hydrogen-bond donors (Lipinski definition) is 2. The molecule has 6 nitrogen and oxygen atoms in total. The minimum Gasteiger partial charge on any atom is -0.364 e. The number of aryl methyl sites for hydroxylation is 3. The highest BCUT2D eigenvalue weighted by molar-refractivity contribution is 7.85. The fourth-order valence-electron chi connectivity index (χ4n) is 5.41. The van der Waals surface area contributed by atoms with E-state index in [1.54, 1.807) is 7.05 Å². The maximum absolute atomic E-state index is 14.5. The summed E-state index contributed by atoms with van der Waals surface area (Å²) >= 11 is 0. The van der Waals surface area contributed by atoms with Crippen molar-refractivity contribution >= 4 is 22.5 Å². The van der Waals surface area contributed by atoms with Crippen LogP contribution in [-0.2, 0) is 28.4 Å². The highest BCUT2D eigenvalue weighted by Gasteiger charge is 2.56. The van der Waals surface area contributed by atoms with Crippen molar-refractivity contribution in [2.75, 3.05) is 18.1 Å². The van der Waals surface area contributed by atoms with Crippen LogP contribution in [0.5, 0.6) is 0 Å². The summed E-state index contributed by atoms with van der Waals surface area (Å²) in [4.78, 5) is 21.0. The lowest BCUT2D eigenvalue weighted by molar-refractivity contribution is -0.126. The van der Waals surface area contributed by atoms with Gasteiger partial charge >= 0.3 is 0 Å². The third-order valence-electron chi connectivity index (χ3n) is 6.92. The highest BCUT2D eigenvalue weighted by Crippen LogP contribution is 2.51. The van der Waals surface area contributed by atoms with E-state index >= 15 is 0 Å². The van der Waals surface area contributed by atoms with Crippen LogP contribution in [0.4, 0.5) is 10.2 Å². The first-order valence-corrected chi connectivity index (χ1v) is 12.7. The molecular formula is C24H31FN4O2S. The normalized spacial score (nSPS) is 27.3. The molecule has 2 saturated carbocycles. The number of hydrogen-bond acceptors (Lipinski definition) is 5. The molecule has 2 fully saturated rings. The number of aromatic nitrogens is 2. The van der Waals surface area contributed by atoms with Gasteiger partial charge in [-0.25, -0.2) is 14.4 Å². The van der Waals surface area contributed by atoms with Gasteiger partial charge in [0, 0.05) is 41.3 Å². The van der Waals surface area contributed by atoms with Crippen molar-refractivity contribution in [2.45, 2.75) is 50.8 Å². The molecule has 2 aliphatic carbocycles. The van der Waals surface area contributed by atoms with E-state index < -0.39 is 16.6 Å². The van der Waals surface area contributed by atoms with Crippen molar-refractivity contribution in [2.24, 2.45) is 17.8 Å². The number of nitrogens with zero attached hydrogens (tertiary/aromatic N) is 2. The molecule has 0 radical (unpaired) electrons. The van der Waals surface area contributed by atoms with Gasteiger partial charge in [-0.3, -0.25) is 9.00 Å². The average molecular weight is 459 g/mol. The molecular weight excluding hydrogens is 427 g/mol. The van der Waals surface area contributed by atoms with Crippen molar-refractivity contribution in [1.82, 2.24) is 15.3 Å².